The van der Waals surface area contributed by atoms with Gasteiger partial charge in [-0.15, -0.1) is 0 Å². The van der Waals surface area contributed by atoms with Gasteiger partial charge >= 0.3 is 0 Å². The number of fused-ring (bicyclic) bond motifs is 2. The lowest BCUT2D eigenvalue weighted by molar-refractivity contribution is 0.430. The minimum Gasteiger partial charge on any atom is -0.383 e. The second kappa shape index (κ2) is 4.62. The van der Waals surface area contributed by atoms with E-state index >= 15 is 0 Å². The molecule has 0 spiro atoms. The largest absolute Gasteiger partial charge is 0.383 e. The van der Waals surface area contributed by atoms with E-state index in [1.54, 1.807) is 0 Å². The third kappa shape index (κ3) is 1.84. The molecule has 0 saturated heterocycles. The topological polar surface area (TPSA) is 43.8 Å². The normalized spacial score (nSPS) is 17.9. The van der Waals surface area contributed by atoms with E-state index < -0.39 is 0 Å². The number of hydrogen-bond donors (Lipinski definition) is 1. The Morgan fingerprint density at radius 1 is 1.14 bits per heavy atom. The van der Waals surface area contributed by atoms with Gasteiger partial charge in [-0.05, 0) is 30.5 Å². The van der Waals surface area contributed by atoms with E-state index in [2.05, 4.69) is 54.0 Å². The van der Waals surface area contributed by atoms with Gasteiger partial charge in [0.05, 0.1) is 0 Å². The van der Waals surface area contributed by atoms with Crippen molar-refractivity contribution in [3.63, 3.8) is 0 Å². The molecule has 21 heavy (non-hydrogen) atoms. The first-order valence-electron chi connectivity index (χ1n) is 7.60. The summed E-state index contributed by atoms with van der Waals surface area (Å²) in [4.78, 5) is 4.86. The van der Waals surface area contributed by atoms with Gasteiger partial charge in [-0.25, -0.2) is 4.98 Å². The lowest BCUT2D eigenvalue weighted by Gasteiger charge is -2.22. The fraction of sp³-hybridized carbons (Fsp3) is 0.278. The summed E-state index contributed by atoms with van der Waals surface area (Å²) in [5.74, 6) is 1.95. The lowest BCUT2D eigenvalue weighted by atomic mass is 10.0. The zero-order valence-electron chi connectivity index (χ0n) is 12.2. The maximum atomic E-state index is 6.44. The van der Waals surface area contributed by atoms with Gasteiger partial charge in [-0.1, -0.05) is 42.5 Å². The number of nitrogens with two attached hydrogens (primary N) is 1. The van der Waals surface area contributed by atoms with Gasteiger partial charge in [0.1, 0.15) is 17.3 Å². The quantitative estimate of drug-likeness (QED) is 0.725. The van der Waals surface area contributed by atoms with Crippen molar-refractivity contribution in [3.8, 4) is 11.3 Å². The van der Waals surface area contributed by atoms with Crippen LogP contribution in [0.4, 0.5) is 5.82 Å². The summed E-state index contributed by atoms with van der Waals surface area (Å²) in [5.41, 5.74) is 8.52. The van der Waals surface area contributed by atoms with Gasteiger partial charge < -0.3 is 10.3 Å². The minimum atomic E-state index is 0.449. The molecule has 0 radical (unpaired) electrons. The first kappa shape index (κ1) is 12.5. The molecular weight excluding hydrogens is 258 g/mol. The van der Waals surface area contributed by atoms with Crippen LogP contribution in [0.2, 0.25) is 0 Å². The summed E-state index contributed by atoms with van der Waals surface area (Å²) in [7, 11) is 0. The molecule has 1 aromatic heterocycles. The molecule has 3 heteroatoms. The molecule has 4 rings (SSSR count). The number of benzene rings is 2. The highest BCUT2D eigenvalue weighted by molar-refractivity contribution is 5.97. The Bertz CT molecular complexity index is 811. The van der Waals surface area contributed by atoms with Crippen molar-refractivity contribution >= 4 is 16.6 Å². The number of nitrogen functional groups attached to an aromatic ring is 1. The van der Waals surface area contributed by atoms with Gasteiger partial charge in [0, 0.05) is 18.0 Å². The van der Waals surface area contributed by atoms with Crippen LogP contribution in [-0.2, 0) is 6.42 Å². The Hall–Kier alpha value is -2.29. The first-order chi connectivity index (χ1) is 10.3. The molecule has 1 atom stereocenters. The van der Waals surface area contributed by atoms with Crippen LogP contribution < -0.4 is 5.73 Å². The summed E-state index contributed by atoms with van der Waals surface area (Å²) in [6.07, 6.45) is 3.41. The molecular formula is C18H19N3. The molecule has 0 saturated carbocycles. The first-order valence-corrected chi connectivity index (χ1v) is 7.60. The van der Waals surface area contributed by atoms with Crippen molar-refractivity contribution in [1.82, 2.24) is 9.55 Å². The van der Waals surface area contributed by atoms with Crippen molar-refractivity contribution in [2.45, 2.75) is 32.2 Å². The van der Waals surface area contributed by atoms with Crippen LogP contribution >= 0.6 is 0 Å². The van der Waals surface area contributed by atoms with Crippen LogP contribution in [-0.4, -0.2) is 9.55 Å². The SMILES string of the molecule is CC1CCCc2nc(-c3cccc4ccccc34)c(N)n21. The van der Waals surface area contributed by atoms with E-state index in [0.717, 1.165) is 29.3 Å². The van der Waals surface area contributed by atoms with Gasteiger partial charge in [0.25, 0.3) is 0 Å². The zero-order chi connectivity index (χ0) is 14.4. The van der Waals surface area contributed by atoms with Crippen molar-refractivity contribution in [2.24, 2.45) is 0 Å². The second-order valence-electron chi connectivity index (χ2n) is 5.90. The molecule has 106 valence electrons. The molecule has 1 unspecified atom stereocenters. The maximum Gasteiger partial charge on any atom is 0.132 e. The molecule has 0 aliphatic carbocycles. The highest BCUT2D eigenvalue weighted by Gasteiger charge is 2.23. The third-order valence-corrected chi connectivity index (χ3v) is 4.53. The molecule has 3 nitrogen and oxygen atoms in total. The Labute approximate surface area is 124 Å². The predicted molar refractivity (Wildman–Crippen MR) is 87.2 cm³/mol. The van der Waals surface area contributed by atoms with Crippen molar-refractivity contribution < 1.29 is 0 Å². The van der Waals surface area contributed by atoms with Crippen LogP contribution in [0.5, 0.6) is 0 Å². The zero-order valence-corrected chi connectivity index (χ0v) is 12.2. The lowest BCUT2D eigenvalue weighted by Crippen LogP contribution is -2.16. The number of aromatic nitrogens is 2. The van der Waals surface area contributed by atoms with Gasteiger partial charge in [0.15, 0.2) is 0 Å². The monoisotopic (exact) mass is 277 g/mol. The fourth-order valence-corrected chi connectivity index (χ4v) is 3.48. The van der Waals surface area contributed by atoms with Crippen molar-refractivity contribution in [1.29, 1.82) is 0 Å². The average Bonchev–Trinajstić information content (AvgIpc) is 2.85. The molecule has 1 aliphatic rings. The highest BCUT2D eigenvalue weighted by Crippen LogP contribution is 2.36. The second-order valence-corrected chi connectivity index (χ2v) is 5.90. The smallest absolute Gasteiger partial charge is 0.132 e. The molecule has 0 amide bonds. The van der Waals surface area contributed by atoms with E-state index in [9.17, 15) is 0 Å². The van der Waals surface area contributed by atoms with Gasteiger partial charge in [-0.2, -0.15) is 0 Å². The number of imidazole rings is 1. The van der Waals surface area contributed by atoms with Crippen molar-refractivity contribution in [3.05, 3.63) is 48.3 Å². The van der Waals surface area contributed by atoms with E-state index in [4.69, 9.17) is 10.7 Å². The van der Waals surface area contributed by atoms with E-state index in [0.29, 0.717) is 6.04 Å². The highest BCUT2D eigenvalue weighted by atomic mass is 15.2. The minimum absolute atomic E-state index is 0.449. The molecule has 0 fully saturated rings. The van der Waals surface area contributed by atoms with Gasteiger partial charge in [0.2, 0.25) is 0 Å². The standard InChI is InChI=1S/C18H19N3/c1-12-6-4-11-16-20-17(18(19)21(12)16)15-10-5-8-13-7-2-3-9-14(13)15/h2-3,5,7-10,12H,4,6,11,19H2,1H3. The molecule has 3 aromatic rings. The third-order valence-electron chi connectivity index (χ3n) is 4.53. The number of anilines is 1. The van der Waals surface area contributed by atoms with E-state index in [1.807, 2.05) is 0 Å². The Morgan fingerprint density at radius 2 is 1.95 bits per heavy atom. The van der Waals surface area contributed by atoms with Crippen LogP contribution in [0, 0.1) is 0 Å². The van der Waals surface area contributed by atoms with Crippen LogP contribution in [0.15, 0.2) is 42.5 Å². The van der Waals surface area contributed by atoms with Gasteiger partial charge in [-0.3, -0.25) is 0 Å². The predicted octanol–water partition coefficient (Wildman–Crippen LogP) is 4.18. The summed E-state index contributed by atoms with van der Waals surface area (Å²) in [6, 6.07) is 15.2. The number of rotatable bonds is 1. The number of nitrogens with zero attached hydrogens (tertiary/aromatic N) is 2. The van der Waals surface area contributed by atoms with Crippen molar-refractivity contribution in [2.75, 3.05) is 5.73 Å². The Morgan fingerprint density at radius 3 is 2.81 bits per heavy atom. The average molecular weight is 277 g/mol. The number of aryl methyl sites for hydroxylation is 1. The maximum absolute atomic E-state index is 6.44. The van der Waals surface area contributed by atoms with Crippen LogP contribution in [0.1, 0.15) is 31.6 Å². The van der Waals surface area contributed by atoms with Crippen LogP contribution in [0.3, 0.4) is 0 Å². The fourth-order valence-electron chi connectivity index (χ4n) is 3.48. The molecule has 1 aliphatic heterocycles. The molecule has 0 bridgehead atoms. The summed E-state index contributed by atoms with van der Waals surface area (Å²) >= 11 is 0. The molecule has 2 N–H and O–H groups in total. The number of hydrogen-bond acceptors (Lipinski definition) is 2. The van der Waals surface area contributed by atoms with E-state index in [-0.39, 0.29) is 0 Å². The Balaban J connectivity index is 1.98. The molecule has 2 heterocycles. The molecule has 2 aromatic carbocycles. The summed E-state index contributed by atoms with van der Waals surface area (Å²) in [6.45, 7) is 2.23. The van der Waals surface area contributed by atoms with E-state index in [1.165, 1.54) is 23.6 Å². The van der Waals surface area contributed by atoms with Crippen LogP contribution in [0.25, 0.3) is 22.0 Å². The summed E-state index contributed by atoms with van der Waals surface area (Å²) in [5, 5.41) is 2.45. The summed E-state index contributed by atoms with van der Waals surface area (Å²) < 4.78 is 2.22. The Kier molecular flexibility index (Phi) is 2.74.